The Labute approximate surface area is 120 Å². The largest absolute Gasteiger partial charge is 0.507 e. The van der Waals surface area contributed by atoms with Gasteiger partial charge in [0.25, 0.3) is 0 Å². The topological polar surface area (TPSA) is 32.3 Å². The van der Waals surface area contributed by atoms with Crippen molar-refractivity contribution in [3.63, 3.8) is 0 Å². The van der Waals surface area contributed by atoms with Crippen LogP contribution in [-0.2, 0) is 6.54 Å². The Bertz CT molecular complexity index is 782. The molecule has 0 amide bonds. The molecule has 0 unspecified atom stereocenters. The van der Waals surface area contributed by atoms with Gasteiger partial charge in [0.2, 0.25) is 0 Å². The molecular formula is C17H13F2NO. The van der Waals surface area contributed by atoms with Gasteiger partial charge >= 0.3 is 0 Å². The summed E-state index contributed by atoms with van der Waals surface area (Å²) in [5.41, 5.74) is 1.32. The molecule has 0 heterocycles. The van der Waals surface area contributed by atoms with Crippen molar-refractivity contribution in [3.05, 3.63) is 71.8 Å². The van der Waals surface area contributed by atoms with Crippen LogP contribution < -0.4 is 5.32 Å². The van der Waals surface area contributed by atoms with Crippen LogP contribution in [0.3, 0.4) is 0 Å². The first-order valence-electron chi connectivity index (χ1n) is 6.53. The van der Waals surface area contributed by atoms with Crippen molar-refractivity contribution < 1.29 is 13.9 Å². The molecule has 0 spiro atoms. The number of nitrogens with one attached hydrogen (secondary N) is 1. The summed E-state index contributed by atoms with van der Waals surface area (Å²) in [6.45, 7) is 0.295. The van der Waals surface area contributed by atoms with Crippen molar-refractivity contribution in [2.45, 2.75) is 6.54 Å². The lowest BCUT2D eigenvalue weighted by Crippen LogP contribution is -2.01. The normalized spacial score (nSPS) is 10.8. The Morgan fingerprint density at radius 3 is 2.29 bits per heavy atom. The van der Waals surface area contributed by atoms with Crippen molar-refractivity contribution in [3.8, 4) is 5.75 Å². The summed E-state index contributed by atoms with van der Waals surface area (Å²) in [4.78, 5) is 0. The van der Waals surface area contributed by atoms with Crippen LogP contribution >= 0.6 is 0 Å². The monoisotopic (exact) mass is 285 g/mol. The van der Waals surface area contributed by atoms with E-state index in [1.807, 2.05) is 24.3 Å². The van der Waals surface area contributed by atoms with Crippen LogP contribution in [0.1, 0.15) is 5.56 Å². The highest BCUT2D eigenvalue weighted by Gasteiger charge is 2.05. The summed E-state index contributed by atoms with van der Waals surface area (Å²) in [6.07, 6.45) is 0. The first kappa shape index (κ1) is 13.4. The minimum atomic E-state index is -0.595. The van der Waals surface area contributed by atoms with E-state index < -0.39 is 11.6 Å². The van der Waals surface area contributed by atoms with Crippen molar-refractivity contribution in [1.29, 1.82) is 0 Å². The summed E-state index contributed by atoms with van der Waals surface area (Å²) in [7, 11) is 0. The number of phenols is 1. The zero-order valence-electron chi connectivity index (χ0n) is 11.1. The number of hydrogen-bond donors (Lipinski definition) is 2. The Hall–Kier alpha value is -2.62. The lowest BCUT2D eigenvalue weighted by molar-refractivity contribution is 0.481. The average molecular weight is 285 g/mol. The first-order valence-corrected chi connectivity index (χ1v) is 6.53. The number of hydrogen-bond acceptors (Lipinski definition) is 2. The summed E-state index contributed by atoms with van der Waals surface area (Å²) in [5.74, 6) is -0.988. The highest BCUT2D eigenvalue weighted by Crippen LogP contribution is 2.30. The van der Waals surface area contributed by atoms with E-state index in [1.54, 1.807) is 12.1 Å². The van der Waals surface area contributed by atoms with Crippen LogP contribution in [0.2, 0.25) is 0 Å². The van der Waals surface area contributed by atoms with Crippen LogP contribution in [0.5, 0.6) is 5.75 Å². The van der Waals surface area contributed by atoms with E-state index in [9.17, 15) is 13.9 Å². The minimum Gasteiger partial charge on any atom is -0.507 e. The highest BCUT2D eigenvalue weighted by molar-refractivity contribution is 5.97. The third-order valence-corrected chi connectivity index (χ3v) is 3.30. The molecule has 21 heavy (non-hydrogen) atoms. The number of halogens is 2. The zero-order chi connectivity index (χ0) is 14.8. The fraction of sp³-hybridized carbons (Fsp3) is 0.0588. The lowest BCUT2D eigenvalue weighted by atomic mass is 10.1. The molecule has 0 aromatic heterocycles. The molecule has 3 aromatic carbocycles. The molecule has 2 N–H and O–H groups in total. The number of phenolic OH excluding ortho intramolecular Hbond substituents is 1. The molecule has 0 aliphatic heterocycles. The molecule has 4 heteroatoms. The summed E-state index contributed by atoms with van der Waals surface area (Å²) in [6, 6.07) is 14.2. The Balaban J connectivity index is 1.90. The lowest BCUT2D eigenvalue weighted by Gasteiger charge is -2.11. The van der Waals surface area contributed by atoms with Crippen LogP contribution in [0.4, 0.5) is 14.5 Å². The van der Waals surface area contributed by atoms with Gasteiger partial charge in [0.05, 0.1) is 0 Å². The Morgan fingerprint density at radius 1 is 0.857 bits per heavy atom. The Kier molecular flexibility index (Phi) is 3.44. The maximum Gasteiger partial charge on any atom is 0.126 e. The van der Waals surface area contributed by atoms with E-state index in [4.69, 9.17) is 0 Å². The van der Waals surface area contributed by atoms with Gasteiger partial charge in [0, 0.05) is 29.1 Å². The fourth-order valence-electron chi connectivity index (χ4n) is 2.36. The van der Waals surface area contributed by atoms with Gasteiger partial charge in [-0.3, -0.25) is 0 Å². The van der Waals surface area contributed by atoms with Gasteiger partial charge in [-0.2, -0.15) is 0 Å². The molecule has 0 bridgehead atoms. The van der Waals surface area contributed by atoms with Gasteiger partial charge in [-0.1, -0.05) is 24.3 Å². The van der Waals surface area contributed by atoms with Gasteiger partial charge in [0.1, 0.15) is 17.4 Å². The summed E-state index contributed by atoms with van der Waals surface area (Å²) < 4.78 is 26.3. The number of rotatable bonds is 3. The van der Waals surface area contributed by atoms with Crippen LogP contribution in [0.15, 0.2) is 54.6 Å². The molecule has 0 saturated carbocycles. The SMILES string of the molecule is Oc1cccc2c(NCc3cc(F)cc(F)c3)cccc12. The molecule has 0 radical (unpaired) electrons. The zero-order valence-corrected chi connectivity index (χ0v) is 11.1. The molecule has 0 aliphatic rings. The number of fused-ring (bicyclic) bond motifs is 1. The second-order valence-corrected chi connectivity index (χ2v) is 4.81. The maximum atomic E-state index is 13.2. The third-order valence-electron chi connectivity index (χ3n) is 3.30. The van der Waals surface area contributed by atoms with Crippen LogP contribution in [0.25, 0.3) is 10.8 Å². The Morgan fingerprint density at radius 2 is 1.52 bits per heavy atom. The highest BCUT2D eigenvalue weighted by atomic mass is 19.1. The fourth-order valence-corrected chi connectivity index (χ4v) is 2.36. The molecule has 0 atom stereocenters. The predicted molar refractivity (Wildman–Crippen MR) is 79.3 cm³/mol. The molecule has 2 nitrogen and oxygen atoms in total. The van der Waals surface area contributed by atoms with Crippen molar-refractivity contribution >= 4 is 16.5 Å². The summed E-state index contributed by atoms with van der Waals surface area (Å²) in [5, 5.41) is 14.6. The van der Waals surface area contributed by atoms with Gasteiger partial charge in [0.15, 0.2) is 0 Å². The quantitative estimate of drug-likeness (QED) is 0.746. The van der Waals surface area contributed by atoms with E-state index in [0.29, 0.717) is 12.1 Å². The van der Waals surface area contributed by atoms with Crippen molar-refractivity contribution in [2.75, 3.05) is 5.32 Å². The molecule has 0 fully saturated rings. The van der Waals surface area contributed by atoms with Gasteiger partial charge in [-0.15, -0.1) is 0 Å². The van der Waals surface area contributed by atoms with Crippen molar-refractivity contribution in [2.24, 2.45) is 0 Å². The standard InChI is InChI=1S/C17H13F2NO/c18-12-7-11(8-13(19)9-12)10-20-16-5-1-4-15-14(16)3-2-6-17(15)21/h1-9,20-21H,10H2. The van der Waals surface area contributed by atoms with E-state index >= 15 is 0 Å². The molecule has 3 aromatic rings. The van der Waals surface area contributed by atoms with Crippen molar-refractivity contribution in [1.82, 2.24) is 0 Å². The number of benzene rings is 3. The van der Waals surface area contributed by atoms with E-state index in [1.165, 1.54) is 12.1 Å². The second-order valence-electron chi connectivity index (χ2n) is 4.81. The minimum absolute atomic E-state index is 0.202. The molecular weight excluding hydrogens is 272 g/mol. The van der Waals surface area contributed by atoms with E-state index in [0.717, 1.165) is 22.5 Å². The molecule has 3 rings (SSSR count). The van der Waals surface area contributed by atoms with Crippen LogP contribution in [-0.4, -0.2) is 5.11 Å². The number of aromatic hydroxyl groups is 1. The first-order chi connectivity index (χ1) is 10.1. The average Bonchev–Trinajstić information content (AvgIpc) is 2.45. The van der Waals surface area contributed by atoms with Gasteiger partial charge in [-0.25, -0.2) is 8.78 Å². The third kappa shape index (κ3) is 2.79. The molecule has 106 valence electrons. The second kappa shape index (κ2) is 5.40. The summed E-state index contributed by atoms with van der Waals surface area (Å²) >= 11 is 0. The maximum absolute atomic E-state index is 13.2. The smallest absolute Gasteiger partial charge is 0.126 e. The van der Waals surface area contributed by atoms with Crippen LogP contribution in [0, 0.1) is 11.6 Å². The predicted octanol–water partition coefficient (Wildman–Crippen LogP) is 4.44. The molecule has 0 saturated heterocycles. The van der Waals surface area contributed by atoms with E-state index in [-0.39, 0.29) is 5.75 Å². The number of anilines is 1. The van der Waals surface area contributed by atoms with Gasteiger partial charge < -0.3 is 10.4 Å². The van der Waals surface area contributed by atoms with E-state index in [2.05, 4.69) is 5.32 Å². The molecule has 0 aliphatic carbocycles. The van der Waals surface area contributed by atoms with Gasteiger partial charge in [-0.05, 0) is 29.8 Å².